The summed E-state index contributed by atoms with van der Waals surface area (Å²) in [6, 6.07) is 10.6. The summed E-state index contributed by atoms with van der Waals surface area (Å²) in [5.41, 5.74) is 1.16. The molecule has 0 aliphatic heterocycles. The Balaban J connectivity index is 2.07. The number of hydrogen-bond donors (Lipinski definition) is 0. The Bertz CT molecular complexity index is 1150. The Hall–Kier alpha value is -2.65. The Morgan fingerprint density at radius 3 is 2.50 bits per heavy atom. The number of benzene rings is 2. The van der Waals surface area contributed by atoms with Gasteiger partial charge in [0.05, 0.1) is 30.5 Å². The normalized spacial score (nSPS) is 11.5. The molecule has 0 aliphatic carbocycles. The molecule has 0 saturated heterocycles. The fourth-order valence-corrected chi connectivity index (χ4v) is 4.39. The quantitative estimate of drug-likeness (QED) is 0.462. The Morgan fingerprint density at radius 2 is 1.80 bits per heavy atom. The zero-order chi connectivity index (χ0) is 21.7. The summed E-state index contributed by atoms with van der Waals surface area (Å²) in [4.78, 5) is 29.5. The lowest BCUT2D eigenvalue weighted by Gasteiger charge is -2.11. The van der Waals surface area contributed by atoms with E-state index < -0.39 is 11.9 Å². The lowest BCUT2D eigenvalue weighted by atomic mass is 10.2. The van der Waals surface area contributed by atoms with Crippen molar-refractivity contribution in [1.29, 1.82) is 0 Å². The molecule has 0 atom stereocenters. The van der Waals surface area contributed by atoms with Crippen LogP contribution in [-0.2, 0) is 16.1 Å². The molecule has 3 aromatic rings. The molecule has 0 spiro atoms. The van der Waals surface area contributed by atoms with Crippen LogP contribution in [0.1, 0.15) is 24.2 Å². The van der Waals surface area contributed by atoms with E-state index in [9.17, 15) is 9.59 Å². The van der Waals surface area contributed by atoms with E-state index in [1.165, 1.54) is 18.4 Å². The largest absolute Gasteiger partial charge is 0.490 e. The lowest BCUT2D eigenvalue weighted by Crippen LogP contribution is -2.22. The van der Waals surface area contributed by atoms with Crippen molar-refractivity contribution in [2.24, 2.45) is 4.99 Å². The van der Waals surface area contributed by atoms with Crippen molar-refractivity contribution >= 4 is 49.4 Å². The van der Waals surface area contributed by atoms with E-state index in [1.807, 2.05) is 32.0 Å². The topological polar surface area (TPSA) is 79.1 Å². The van der Waals surface area contributed by atoms with E-state index in [-0.39, 0.29) is 6.54 Å². The SMILES string of the molecule is CCOc1ccc(C(=O)N=c2sc3cc(Br)ccc3n2CC(=O)OC)cc1OCC. The van der Waals surface area contributed by atoms with Crippen LogP contribution in [0, 0.1) is 0 Å². The van der Waals surface area contributed by atoms with Crippen molar-refractivity contribution in [2.75, 3.05) is 20.3 Å². The number of methoxy groups -OCH3 is 1. The molecular formula is C21H21BrN2O5S. The van der Waals surface area contributed by atoms with Crippen LogP contribution in [0.25, 0.3) is 10.2 Å². The number of thiazole rings is 1. The molecular weight excluding hydrogens is 472 g/mol. The Kier molecular flexibility index (Phi) is 7.28. The Morgan fingerprint density at radius 1 is 1.07 bits per heavy atom. The smallest absolute Gasteiger partial charge is 0.325 e. The summed E-state index contributed by atoms with van der Waals surface area (Å²) < 4.78 is 19.4. The minimum absolute atomic E-state index is 0.0439. The number of aromatic nitrogens is 1. The first-order chi connectivity index (χ1) is 14.5. The first-order valence-corrected chi connectivity index (χ1v) is 10.9. The van der Waals surface area contributed by atoms with Gasteiger partial charge in [0.25, 0.3) is 5.91 Å². The van der Waals surface area contributed by atoms with Crippen molar-refractivity contribution in [3.63, 3.8) is 0 Å². The number of nitrogens with zero attached hydrogens (tertiary/aromatic N) is 2. The number of fused-ring (bicyclic) bond motifs is 1. The number of carbonyl (C=O) groups excluding carboxylic acids is 2. The van der Waals surface area contributed by atoms with Gasteiger partial charge in [0.15, 0.2) is 16.3 Å². The van der Waals surface area contributed by atoms with Crippen molar-refractivity contribution in [1.82, 2.24) is 4.57 Å². The van der Waals surface area contributed by atoms with Gasteiger partial charge in [0.2, 0.25) is 0 Å². The van der Waals surface area contributed by atoms with Crippen LogP contribution in [0.4, 0.5) is 0 Å². The molecule has 1 aromatic heterocycles. The van der Waals surface area contributed by atoms with Gasteiger partial charge in [0, 0.05) is 10.0 Å². The average molecular weight is 493 g/mol. The van der Waals surface area contributed by atoms with E-state index in [1.54, 1.807) is 22.8 Å². The Labute approximate surface area is 186 Å². The third-order valence-electron chi connectivity index (χ3n) is 4.15. The maximum absolute atomic E-state index is 12.9. The maximum atomic E-state index is 12.9. The molecule has 7 nitrogen and oxygen atoms in total. The molecule has 0 fully saturated rings. The molecule has 3 rings (SSSR count). The van der Waals surface area contributed by atoms with Crippen molar-refractivity contribution in [2.45, 2.75) is 20.4 Å². The van der Waals surface area contributed by atoms with Gasteiger partial charge in [-0.25, -0.2) is 0 Å². The monoisotopic (exact) mass is 492 g/mol. The van der Waals surface area contributed by atoms with Crippen LogP contribution in [0.5, 0.6) is 11.5 Å². The number of amides is 1. The van der Waals surface area contributed by atoms with Gasteiger partial charge in [-0.1, -0.05) is 27.3 Å². The molecule has 30 heavy (non-hydrogen) atoms. The second kappa shape index (κ2) is 9.90. The fraction of sp³-hybridized carbons (Fsp3) is 0.286. The molecule has 1 amide bonds. The van der Waals surface area contributed by atoms with E-state index in [2.05, 4.69) is 20.9 Å². The predicted molar refractivity (Wildman–Crippen MR) is 118 cm³/mol. The number of hydrogen-bond acceptors (Lipinski definition) is 6. The van der Waals surface area contributed by atoms with E-state index in [0.717, 1.165) is 14.7 Å². The van der Waals surface area contributed by atoms with E-state index in [4.69, 9.17) is 14.2 Å². The molecule has 9 heteroatoms. The second-order valence-electron chi connectivity index (χ2n) is 6.10. The predicted octanol–water partition coefficient (Wildman–Crippen LogP) is 4.18. The highest BCUT2D eigenvalue weighted by atomic mass is 79.9. The van der Waals surface area contributed by atoms with E-state index >= 15 is 0 Å². The van der Waals surface area contributed by atoms with Crippen LogP contribution < -0.4 is 14.3 Å². The summed E-state index contributed by atoms with van der Waals surface area (Å²) in [6.45, 7) is 4.63. The lowest BCUT2D eigenvalue weighted by molar-refractivity contribution is -0.141. The van der Waals surface area contributed by atoms with Crippen molar-refractivity contribution in [3.05, 3.63) is 51.2 Å². The van der Waals surface area contributed by atoms with Crippen molar-refractivity contribution in [3.8, 4) is 11.5 Å². The van der Waals surface area contributed by atoms with Gasteiger partial charge >= 0.3 is 5.97 Å². The van der Waals surface area contributed by atoms with Gasteiger partial charge < -0.3 is 18.8 Å². The van der Waals surface area contributed by atoms with Gasteiger partial charge in [-0.3, -0.25) is 9.59 Å². The van der Waals surface area contributed by atoms with Gasteiger partial charge in [-0.15, -0.1) is 0 Å². The molecule has 0 unspecified atom stereocenters. The molecule has 2 aromatic carbocycles. The molecule has 1 heterocycles. The summed E-state index contributed by atoms with van der Waals surface area (Å²) in [6.07, 6.45) is 0. The van der Waals surface area contributed by atoms with Gasteiger partial charge in [-0.05, 0) is 50.2 Å². The maximum Gasteiger partial charge on any atom is 0.325 e. The highest BCUT2D eigenvalue weighted by Crippen LogP contribution is 2.29. The summed E-state index contributed by atoms with van der Waals surface area (Å²) >= 11 is 4.76. The summed E-state index contributed by atoms with van der Waals surface area (Å²) in [5, 5.41) is 0. The third kappa shape index (κ3) is 4.91. The zero-order valence-electron chi connectivity index (χ0n) is 16.8. The van der Waals surface area contributed by atoms with Crippen LogP contribution in [-0.4, -0.2) is 36.8 Å². The number of carbonyl (C=O) groups is 2. The number of esters is 1. The fourth-order valence-electron chi connectivity index (χ4n) is 2.81. The molecule has 0 radical (unpaired) electrons. The first-order valence-electron chi connectivity index (χ1n) is 9.31. The van der Waals surface area contributed by atoms with Gasteiger partial charge in [-0.2, -0.15) is 4.99 Å². The van der Waals surface area contributed by atoms with Crippen LogP contribution >= 0.6 is 27.3 Å². The standard InChI is InChI=1S/C21H21BrN2O5S/c1-4-28-16-9-6-13(10-17(16)29-5-2)20(26)23-21-24(12-19(25)27-3)15-8-7-14(22)11-18(15)30-21/h6-11H,4-5,12H2,1-3H3. The third-order valence-corrected chi connectivity index (χ3v) is 5.68. The molecule has 0 bridgehead atoms. The highest BCUT2D eigenvalue weighted by molar-refractivity contribution is 9.10. The summed E-state index contributed by atoms with van der Waals surface area (Å²) in [5.74, 6) is 0.195. The van der Waals surface area contributed by atoms with Crippen LogP contribution in [0.2, 0.25) is 0 Å². The molecule has 0 aliphatic rings. The molecule has 0 saturated carbocycles. The minimum Gasteiger partial charge on any atom is -0.490 e. The molecule has 0 N–H and O–H groups in total. The number of rotatable bonds is 7. The average Bonchev–Trinajstić information content (AvgIpc) is 3.05. The molecule has 158 valence electrons. The van der Waals surface area contributed by atoms with Gasteiger partial charge in [0.1, 0.15) is 6.54 Å². The number of ether oxygens (including phenoxy) is 3. The second-order valence-corrected chi connectivity index (χ2v) is 8.03. The number of halogens is 1. The van der Waals surface area contributed by atoms with Crippen LogP contribution in [0.15, 0.2) is 45.9 Å². The first kappa shape index (κ1) is 22.0. The van der Waals surface area contributed by atoms with Crippen molar-refractivity contribution < 1.29 is 23.8 Å². The van der Waals surface area contributed by atoms with E-state index in [0.29, 0.717) is 35.1 Å². The summed E-state index contributed by atoms with van der Waals surface area (Å²) in [7, 11) is 1.32. The minimum atomic E-state index is -0.441. The highest BCUT2D eigenvalue weighted by Gasteiger charge is 2.14. The van der Waals surface area contributed by atoms with Crippen LogP contribution in [0.3, 0.4) is 0 Å². The zero-order valence-corrected chi connectivity index (χ0v) is 19.2.